The van der Waals surface area contributed by atoms with E-state index < -0.39 is 0 Å². The summed E-state index contributed by atoms with van der Waals surface area (Å²) in [4.78, 5) is 6.48. The van der Waals surface area contributed by atoms with Crippen molar-refractivity contribution in [1.82, 2.24) is 14.5 Å². The van der Waals surface area contributed by atoms with Crippen molar-refractivity contribution < 1.29 is 4.74 Å². The summed E-state index contributed by atoms with van der Waals surface area (Å²) in [5.74, 6) is 0.953. The zero-order chi connectivity index (χ0) is 15.9. The minimum atomic E-state index is 0. The van der Waals surface area contributed by atoms with E-state index in [1.54, 1.807) is 6.20 Å². The van der Waals surface area contributed by atoms with Crippen molar-refractivity contribution in [3.05, 3.63) is 48.5 Å². The minimum absolute atomic E-state index is 0. The highest BCUT2D eigenvalue weighted by Gasteiger charge is 2.16. The number of hydrogen-bond donors (Lipinski definition) is 1. The highest BCUT2D eigenvalue weighted by molar-refractivity contribution is 5.85. The number of rotatable bonds is 7. The maximum Gasteiger partial charge on any atom is 0.119 e. The Hall–Kier alpha value is -1.27. The maximum absolute atomic E-state index is 6.06. The number of imidazole rings is 1. The predicted octanol–water partition coefficient (Wildman–Crippen LogP) is 3.12. The van der Waals surface area contributed by atoms with Crippen LogP contribution in [0.4, 0.5) is 0 Å². The van der Waals surface area contributed by atoms with E-state index in [9.17, 15) is 0 Å². The van der Waals surface area contributed by atoms with Gasteiger partial charge in [-0.05, 0) is 43.5 Å². The number of hydrogen-bond acceptors (Lipinski definition) is 4. The molecule has 1 saturated heterocycles. The van der Waals surface area contributed by atoms with E-state index in [1.807, 2.05) is 18.6 Å². The van der Waals surface area contributed by atoms with Crippen molar-refractivity contribution in [3.8, 4) is 5.75 Å². The average molecular weight is 387 g/mol. The maximum atomic E-state index is 6.06. The molecule has 0 bridgehead atoms. The molecule has 2 aromatic rings. The predicted molar refractivity (Wildman–Crippen MR) is 106 cm³/mol. The van der Waals surface area contributed by atoms with E-state index in [0.29, 0.717) is 6.04 Å². The molecule has 1 aromatic heterocycles. The molecular weight excluding hydrogens is 359 g/mol. The summed E-state index contributed by atoms with van der Waals surface area (Å²) in [6.45, 7) is 4.75. The SMILES string of the molecule is Cl.Cl.NC1CCCN(Cc2cccc(OCCCn3ccnc3)c2)C1. The van der Waals surface area contributed by atoms with Gasteiger partial charge >= 0.3 is 0 Å². The first-order valence-electron chi connectivity index (χ1n) is 8.45. The van der Waals surface area contributed by atoms with Gasteiger partial charge in [0, 0.05) is 38.1 Å². The molecule has 1 unspecified atom stereocenters. The second kappa shape index (κ2) is 11.4. The number of nitrogens with two attached hydrogens (primary N) is 1. The molecule has 0 aliphatic carbocycles. The first-order valence-corrected chi connectivity index (χ1v) is 8.45. The molecule has 1 aromatic carbocycles. The lowest BCUT2D eigenvalue weighted by Gasteiger charge is -2.30. The van der Waals surface area contributed by atoms with Crippen LogP contribution in [0.25, 0.3) is 0 Å². The first kappa shape index (κ1) is 21.8. The Kier molecular flexibility index (Phi) is 9.90. The van der Waals surface area contributed by atoms with Crippen LogP contribution >= 0.6 is 24.8 Å². The third-order valence-corrected chi connectivity index (χ3v) is 4.24. The molecule has 2 N–H and O–H groups in total. The summed E-state index contributed by atoms with van der Waals surface area (Å²) >= 11 is 0. The van der Waals surface area contributed by atoms with Gasteiger partial charge in [0.1, 0.15) is 5.75 Å². The standard InChI is InChI=1S/C18H26N4O.2ClH/c19-17-5-2-8-22(14-17)13-16-4-1-6-18(12-16)23-11-3-9-21-10-7-20-15-21;;/h1,4,6-7,10,12,15,17H,2-3,5,8-9,11,13-14,19H2;2*1H. The highest BCUT2D eigenvalue weighted by Crippen LogP contribution is 2.17. The fraction of sp³-hybridized carbons (Fsp3) is 0.500. The Morgan fingerprint density at radius 3 is 2.92 bits per heavy atom. The van der Waals surface area contributed by atoms with E-state index in [-0.39, 0.29) is 24.8 Å². The number of aryl methyl sites for hydroxylation is 1. The fourth-order valence-electron chi connectivity index (χ4n) is 3.08. The molecule has 0 amide bonds. The molecule has 0 radical (unpaired) electrons. The molecule has 5 nitrogen and oxygen atoms in total. The summed E-state index contributed by atoms with van der Waals surface area (Å²) in [6.07, 6.45) is 8.94. The normalized spacial score (nSPS) is 17.4. The lowest BCUT2D eigenvalue weighted by atomic mass is 10.1. The Balaban J connectivity index is 0.00000156. The smallest absolute Gasteiger partial charge is 0.119 e. The number of benzene rings is 1. The molecule has 1 aliphatic heterocycles. The zero-order valence-corrected chi connectivity index (χ0v) is 16.1. The second-order valence-corrected chi connectivity index (χ2v) is 6.29. The van der Waals surface area contributed by atoms with Crippen LogP contribution in [-0.4, -0.2) is 40.2 Å². The molecule has 140 valence electrons. The van der Waals surface area contributed by atoms with Gasteiger partial charge in [-0.1, -0.05) is 12.1 Å². The van der Waals surface area contributed by atoms with Crippen molar-refractivity contribution in [2.75, 3.05) is 19.7 Å². The molecule has 25 heavy (non-hydrogen) atoms. The third kappa shape index (κ3) is 7.24. The van der Waals surface area contributed by atoms with Crippen LogP contribution in [0.1, 0.15) is 24.8 Å². The number of aromatic nitrogens is 2. The number of ether oxygens (including phenoxy) is 1. The lowest BCUT2D eigenvalue weighted by Crippen LogP contribution is -2.42. The molecule has 1 aliphatic rings. The average Bonchev–Trinajstić information content (AvgIpc) is 3.05. The van der Waals surface area contributed by atoms with Gasteiger partial charge in [-0.15, -0.1) is 24.8 Å². The quantitative estimate of drug-likeness (QED) is 0.742. The van der Waals surface area contributed by atoms with E-state index in [4.69, 9.17) is 10.5 Å². The van der Waals surface area contributed by atoms with Gasteiger partial charge in [0.25, 0.3) is 0 Å². The van der Waals surface area contributed by atoms with Crippen LogP contribution < -0.4 is 10.5 Å². The van der Waals surface area contributed by atoms with Gasteiger partial charge in [-0.3, -0.25) is 4.90 Å². The summed E-state index contributed by atoms with van der Waals surface area (Å²) in [6, 6.07) is 8.74. The third-order valence-electron chi connectivity index (χ3n) is 4.24. The van der Waals surface area contributed by atoms with Crippen molar-refractivity contribution in [2.45, 2.75) is 38.4 Å². The molecule has 0 spiro atoms. The van der Waals surface area contributed by atoms with Crippen molar-refractivity contribution in [3.63, 3.8) is 0 Å². The number of piperidine rings is 1. The summed E-state index contributed by atoms with van der Waals surface area (Å²) in [5.41, 5.74) is 7.35. The van der Waals surface area contributed by atoms with E-state index >= 15 is 0 Å². The molecule has 1 fully saturated rings. The molecule has 1 atom stereocenters. The lowest BCUT2D eigenvalue weighted by molar-refractivity contribution is 0.201. The Bertz CT molecular complexity index is 595. The first-order chi connectivity index (χ1) is 11.3. The van der Waals surface area contributed by atoms with E-state index in [0.717, 1.165) is 51.4 Å². The minimum Gasteiger partial charge on any atom is -0.494 e. The Labute approximate surface area is 162 Å². The van der Waals surface area contributed by atoms with Crippen molar-refractivity contribution >= 4 is 24.8 Å². The molecule has 3 rings (SSSR count). The fourth-order valence-corrected chi connectivity index (χ4v) is 3.08. The van der Waals surface area contributed by atoms with Crippen LogP contribution in [0.5, 0.6) is 5.75 Å². The molecule has 0 saturated carbocycles. The second-order valence-electron chi connectivity index (χ2n) is 6.29. The summed E-state index contributed by atoms with van der Waals surface area (Å²) in [7, 11) is 0. The van der Waals surface area contributed by atoms with Gasteiger partial charge in [0.2, 0.25) is 0 Å². The summed E-state index contributed by atoms with van der Waals surface area (Å²) in [5, 5.41) is 0. The summed E-state index contributed by atoms with van der Waals surface area (Å²) < 4.78 is 7.95. The topological polar surface area (TPSA) is 56.3 Å². The zero-order valence-electron chi connectivity index (χ0n) is 14.4. The molecular formula is C18H28Cl2N4O. The van der Waals surface area contributed by atoms with Gasteiger partial charge in [0.05, 0.1) is 12.9 Å². The van der Waals surface area contributed by atoms with Crippen molar-refractivity contribution in [2.24, 2.45) is 5.73 Å². The number of nitrogens with zero attached hydrogens (tertiary/aromatic N) is 3. The number of halogens is 2. The highest BCUT2D eigenvalue weighted by atomic mass is 35.5. The van der Waals surface area contributed by atoms with Crippen molar-refractivity contribution in [1.29, 1.82) is 0 Å². The van der Waals surface area contributed by atoms with Gasteiger partial charge in [0.15, 0.2) is 0 Å². The number of likely N-dealkylation sites (tertiary alicyclic amines) is 1. The van der Waals surface area contributed by atoms with Gasteiger partial charge < -0.3 is 15.0 Å². The van der Waals surface area contributed by atoms with E-state index in [2.05, 4.69) is 32.7 Å². The van der Waals surface area contributed by atoms with Gasteiger partial charge in [-0.25, -0.2) is 4.98 Å². The molecule has 7 heteroatoms. The van der Waals surface area contributed by atoms with Crippen LogP contribution in [0, 0.1) is 0 Å². The largest absolute Gasteiger partial charge is 0.494 e. The van der Waals surface area contributed by atoms with Crippen LogP contribution in [0.3, 0.4) is 0 Å². The van der Waals surface area contributed by atoms with Crippen LogP contribution in [0.2, 0.25) is 0 Å². The molecule has 2 heterocycles. The monoisotopic (exact) mass is 386 g/mol. The van der Waals surface area contributed by atoms with Crippen LogP contribution in [-0.2, 0) is 13.1 Å². The Morgan fingerprint density at radius 1 is 1.28 bits per heavy atom. The Morgan fingerprint density at radius 2 is 2.16 bits per heavy atom. The van der Waals surface area contributed by atoms with Crippen LogP contribution in [0.15, 0.2) is 43.0 Å². The van der Waals surface area contributed by atoms with Gasteiger partial charge in [-0.2, -0.15) is 0 Å². The van der Waals surface area contributed by atoms with E-state index in [1.165, 1.54) is 12.0 Å².